The summed E-state index contributed by atoms with van der Waals surface area (Å²) in [6.07, 6.45) is 1.33. The van der Waals surface area contributed by atoms with Gasteiger partial charge < -0.3 is 4.98 Å². The number of nitrogens with zero attached hydrogens (tertiary/aromatic N) is 1. The van der Waals surface area contributed by atoms with E-state index in [2.05, 4.69) is 11.6 Å². The molecule has 88 valence electrons. The van der Waals surface area contributed by atoms with E-state index in [0.29, 0.717) is 0 Å². The lowest BCUT2D eigenvalue weighted by Gasteiger charge is -2.05. The molecular weight excluding hydrogens is 223 g/mol. The lowest BCUT2D eigenvalue weighted by molar-refractivity contribution is 0.627. The molecule has 1 heterocycles. The minimum atomic E-state index is -0.630. The second kappa shape index (κ2) is 4.01. The number of hydrogen-bond donors (Lipinski definition) is 1. The SMILES string of the molecule is C=Cc1ccc2c(=O)n(CC)c(=O)[nH]c2c1F. The van der Waals surface area contributed by atoms with E-state index in [1.54, 1.807) is 6.92 Å². The topological polar surface area (TPSA) is 54.9 Å². The number of nitrogens with one attached hydrogen (secondary N) is 1. The molecule has 5 heteroatoms. The average molecular weight is 234 g/mol. The number of fused-ring (bicyclic) bond motifs is 1. The van der Waals surface area contributed by atoms with Crippen molar-refractivity contribution >= 4 is 17.0 Å². The summed E-state index contributed by atoms with van der Waals surface area (Å²) >= 11 is 0. The zero-order valence-electron chi connectivity index (χ0n) is 9.29. The Balaban J connectivity index is 3.02. The summed E-state index contributed by atoms with van der Waals surface area (Å²) in [4.78, 5) is 25.8. The third kappa shape index (κ3) is 1.60. The van der Waals surface area contributed by atoms with Crippen LogP contribution in [0.1, 0.15) is 12.5 Å². The minimum Gasteiger partial charge on any atom is -0.304 e. The molecule has 17 heavy (non-hydrogen) atoms. The summed E-state index contributed by atoms with van der Waals surface area (Å²) in [6, 6.07) is 2.95. The molecule has 0 saturated carbocycles. The first-order chi connectivity index (χ1) is 8.10. The molecule has 0 aliphatic heterocycles. The Bertz CT molecular complexity index is 713. The van der Waals surface area contributed by atoms with E-state index in [9.17, 15) is 14.0 Å². The number of aromatic nitrogens is 2. The highest BCUT2D eigenvalue weighted by molar-refractivity contribution is 5.80. The summed E-state index contributed by atoms with van der Waals surface area (Å²) in [5, 5.41) is 0.162. The first-order valence-electron chi connectivity index (χ1n) is 5.18. The van der Waals surface area contributed by atoms with Crippen molar-refractivity contribution in [2.45, 2.75) is 13.5 Å². The molecule has 0 unspecified atom stereocenters. The molecule has 0 amide bonds. The predicted molar refractivity (Wildman–Crippen MR) is 64.6 cm³/mol. The summed E-state index contributed by atoms with van der Waals surface area (Å²) in [6.45, 7) is 5.38. The molecule has 0 fully saturated rings. The smallest absolute Gasteiger partial charge is 0.304 e. The number of hydrogen-bond acceptors (Lipinski definition) is 2. The molecule has 1 N–H and O–H groups in total. The first kappa shape index (κ1) is 11.3. The van der Waals surface area contributed by atoms with Gasteiger partial charge in [-0.25, -0.2) is 9.18 Å². The molecule has 0 saturated heterocycles. The summed E-state index contributed by atoms with van der Waals surface area (Å²) in [5.74, 6) is -0.630. The summed E-state index contributed by atoms with van der Waals surface area (Å²) in [5.41, 5.74) is -0.908. The average Bonchev–Trinajstić information content (AvgIpc) is 2.31. The highest BCUT2D eigenvalue weighted by Crippen LogP contribution is 2.16. The van der Waals surface area contributed by atoms with Gasteiger partial charge in [0, 0.05) is 12.1 Å². The van der Waals surface area contributed by atoms with Gasteiger partial charge in [-0.2, -0.15) is 0 Å². The molecule has 0 radical (unpaired) electrons. The Morgan fingerprint density at radius 3 is 2.76 bits per heavy atom. The maximum atomic E-state index is 13.9. The van der Waals surface area contributed by atoms with Crippen molar-refractivity contribution in [1.82, 2.24) is 9.55 Å². The van der Waals surface area contributed by atoms with Gasteiger partial charge in [-0.15, -0.1) is 0 Å². The quantitative estimate of drug-likeness (QED) is 0.855. The van der Waals surface area contributed by atoms with Crippen molar-refractivity contribution in [2.24, 2.45) is 0 Å². The molecule has 0 bridgehead atoms. The molecule has 0 aliphatic carbocycles. The fourth-order valence-corrected chi connectivity index (χ4v) is 1.75. The van der Waals surface area contributed by atoms with Crippen LogP contribution in [0.3, 0.4) is 0 Å². The number of aromatic amines is 1. The van der Waals surface area contributed by atoms with Crippen LogP contribution in [0.5, 0.6) is 0 Å². The Labute approximate surface area is 96.0 Å². The Morgan fingerprint density at radius 1 is 1.47 bits per heavy atom. The van der Waals surface area contributed by atoms with Crippen LogP contribution in [0.25, 0.3) is 17.0 Å². The van der Waals surface area contributed by atoms with Gasteiger partial charge in [-0.05, 0) is 13.0 Å². The number of H-pyrrole nitrogens is 1. The maximum absolute atomic E-state index is 13.9. The fraction of sp³-hybridized carbons (Fsp3) is 0.167. The van der Waals surface area contributed by atoms with Gasteiger partial charge in [0.2, 0.25) is 0 Å². The van der Waals surface area contributed by atoms with E-state index in [0.717, 1.165) is 4.57 Å². The van der Waals surface area contributed by atoms with E-state index >= 15 is 0 Å². The van der Waals surface area contributed by atoms with Gasteiger partial charge in [-0.1, -0.05) is 18.7 Å². The predicted octanol–water partition coefficient (Wildman–Crippen LogP) is 1.49. The standard InChI is InChI=1S/C12H11FN2O2/c1-3-7-5-6-8-10(9(7)13)14-12(17)15(4-2)11(8)16/h3,5-6H,1,4H2,2H3,(H,14,17). The zero-order valence-corrected chi connectivity index (χ0v) is 9.29. The number of halogens is 1. The monoisotopic (exact) mass is 234 g/mol. The Morgan fingerprint density at radius 2 is 2.18 bits per heavy atom. The highest BCUT2D eigenvalue weighted by Gasteiger charge is 2.11. The molecule has 0 spiro atoms. The summed E-state index contributed by atoms with van der Waals surface area (Å²) < 4.78 is 14.9. The van der Waals surface area contributed by atoms with Crippen LogP contribution >= 0.6 is 0 Å². The van der Waals surface area contributed by atoms with E-state index in [1.165, 1.54) is 18.2 Å². The van der Waals surface area contributed by atoms with E-state index < -0.39 is 17.1 Å². The van der Waals surface area contributed by atoms with Crippen LogP contribution < -0.4 is 11.2 Å². The van der Waals surface area contributed by atoms with Crippen LogP contribution in [0.4, 0.5) is 4.39 Å². The number of benzene rings is 1. The number of rotatable bonds is 2. The lowest BCUT2D eigenvalue weighted by Crippen LogP contribution is -2.34. The van der Waals surface area contributed by atoms with E-state index in [4.69, 9.17) is 0 Å². The molecule has 0 atom stereocenters. The second-order valence-corrected chi connectivity index (χ2v) is 3.58. The van der Waals surface area contributed by atoms with Crippen LogP contribution in [0.2, 0.25) is 0 Å². The van der Waals surface area contributed by atoms with Gasteiger partial charge in [-0.3, -0.25) is 9.36 Å². The fourth-order valence-electron chi connectivity index (χ4n) is 1.75. The molecule has 1 aromatic heterocycles. The van der Waals surface area contributed by atoms with Crippen LogP contribution in [-0.4, -0.2) is 9.55 Å². The van der Waals surface area contributed by atoms with Gasteiger partial charge in [0.1, 0.15) is 0 Å². The van der Waals surface area contributed by atoms with Gasteiger partial charge in [0.25, 0.3) is 5.56 Å². The first-order valence-corrected chi connectivity index (χ1v) is 5.18. The highest BCUT2D eigenvalue weighted by atomic mass is 19.1. The third-order valence-electron chi connectivity index (χ3n) is 2.66. The molecular formula is C12H11FN2O2. The van der Waals surface area contributed by atoms with Gasteiger partial charge >= 0.3 is 5.69 Å². The minimum absolute atomic E-state index is 0.0675. The normalized spacial score (nSPS) is 10.7. The van der Waals surface area contributed by atoms with Crippen molar-refractivity contribution in [3.63, 3.8) is 0 Å². The summed E-state index contributed by atoms with van der Waals surface area (Å²) in [7, 11) is 0. The van der Waals surface area contributed by atoms with Crippen LogP contribution in [0, 0.1) is 5.82 Å². The molecule has 2 rings (SSSR count). The van der Waals surface area contributed by atoms with Crippen molar-refractivity contribution in [1.29, 1.82) is 0 Å². The van der Waals surface area contributed by atoms with Gasteiger partial charge in [0.15, 0.2) is 5.82 Å². The zero-order chi connectivity index (χ0) is 12.6. The third-order valence-corrected chi connectivity index (χ3v) is 2.66. The van der Waals surface area contributed by atoms with Crippen molar-refractivity contribution in [2.75, 3.05) is 0 Å². The van der Waals surface area contributed by atoms with Crippen LogP contribution in [-0.2, 0) is 6.54 Å². The second-order valence-electron chi connectivity index (χ2n) is 3.58. The largest absolute Gasteiger partial charge is 0.328 e. The Hall–Kier alpha value is -2.17. The van der Waals surface area contributed by atoms with Crippen molar-refractivity contribution in [3.05, 3.63) is 50.9 Å². The lowest BCUT2D eigenvalue weighted by atomic mass is 10.1. The molecule has 2 aromatic rings. The van der Waals surface area contributed by atoms with Crippen molar-refractivity contribution in [3.8, 4) is 0 Å². The molecule has 1 aromatic carbocycles. The van der Waals surface area contributed by atoms with E-state index in [-0.39, 0.29) is 23.0 Å². The van der Waals surface area contributed by atoms with Gasteiger partial charge in [0.05, 0.1) is 10.9 Å². The molecule has 4 nitrogen and oxygen atoms in total. The Kier molecular flexibility index (Phi) is 2.67. The maximum Gasteiger partial charge on any atom is 0.328 e. The van der Waals surface area contributed by atoms with Crippen LogP contribution in [0.15, 0.2) is 28.3 Å². The van der Waals surface area contributed by atoms with Crippen molar-refractivity contribution < 1.29 is 4.39 Å². The van der Waals surface area contributed by atoms with E-state index in [1.807, 2.05) is 0 Å². The molecule has 0 aliphatic rings.